The zero-order valence-corrected chi connectivity index (χ0v) is 13.7. The molecule has 1 aromatic rings. The minimum Gasteiger partial charge on any atom is -0.482 e. The van der Waals surface area contributed by atoms with Crippen molar-refractivity contribution in [3.63, 3.8) is 0 Å². The number of rotatable bonds is 6. The summed E-state index contributed by atoms with van der Waals surface area (Å²) in [5.74, 6) is 0.101. The summed E-state index contributed by atoms with van der Waals surface area (Å²) in [4.78, 5) is 22.7. The molecule has 1 amide bonds. The van der Waals surface area contributed by atoms with E-state index in [1.165, 1.54) is 12.8 Å². The van der Waals surface area contributed by atoms with Gasteiger partial charge in [0, 0.05) is 5.92 Å². The maximum absolute atomic E-state index is 12.3. The van der Waals surface area contributed by atoms with Crippen molar-refractivity contribution < 1.29 is 19.4 Å². The van der Waals surface area contributed by atoms with Crippen molar-refractivity contribution in [2.24, 2.45) is 22.4 Å². The molecule has 2 fully saturated rings. The Morgan fingerprint density at radius 1 is 1.38 bits per heavy atom. The van der Waals surface area contributed by atoms with Gasteiger partial charge in [-0.1, -0.05) is 19.8 Å². The third kappa shape index (κ3) is 3.42. The van der Waals surface area contributed by atoms with Crippen LogP contribution < -0.4 is 10.2 Å². The predicted octanol–water partition coefficient (Wildman–Crippen LogP) is 2.43. The Bertz CT molecular complexity index is 655. The SMILES string of the molecule is CC12CCCCC1C2C(=O)N/N=C/c1ccc(OCC(=O)O)cc1. The smallest absolute Gasteiger partial charge is 0.341 e. The van der Waals surface area contributed by atoms with Gasteiger partial charge in [0.25, 0.3) is 0 Å². The summed E-state index contributed by atoms with van der Waals surface area (Å²) in [6, 6.07) is 6.85. The van der Waals surface area contributed by atoms with Crippen molar-refractivity contribution in [2.45, 2.75) is 32.6 Å². The quantitative estimate of drug-likeness (QED) is 0.619. The van der Waals surface area contributed by atoms with Crippen LogP contribution in [-0.4, -0.2) is 29.8 Å². The van der Waals surface area contributed by atoms with E-state index in [-0.39, 0.29) is 23.8 Å². The second-order valence-electron chi connectivity index (χ2n) is 6.82. The molecule has 0 aromatic heterocycles. The van der Waals surface area contributed by atoms with E-state index in [9.17, 15) is 9.59 Å². The van der Waals surface area contributed by atoms with E-state index >= 15 is 0 Å². The molecule has 1 aromatic carbocycles. The predicted molar refractivity (Wildman–Crippen MR) is 88.9 cm³/mol. The first-order valence-corrected chi connectivity index (χ1v) is 8.28. The third-order valence-corrected chi connectivity index (χ3v) is 5.24. The maximum Gasteiger partial charge on any atom is 0.341 e. The van der Waals surface area contributed by atoms with Crippen LogP contribution in [0.5, 0.6) is 5.75 Å². The molecule has 3 unspecified atom stereocenters. The summed E-state index contributed by atoms with van der Waals surface area (Å²) in [6.45, 7) is 1.84. The number of hydrogen-bond donors (Lipinski definition) is 2. The lowest BCUT2D eigenvalue weighted by molar-refractivity contribution is -0.139. The van der Waals surface area contributed by atoms with Gasteiger partial charge in [-0.05, 0) is 54.0 Å². The Labute approximate surface area is 140 Å². The second-order valence-corrected chi connectivity index (χ2v) is 6.82. The third-order valence-electron chi connectivity index (χ3n) is 5.24. The van der Waals surface area contributed by atoms with Crippen molar-refractivity contribution in [2.75, 3.05) is 6.61 Å². The lowest BCUT2D eigenvalue weighted by atomic mass is 9.90. The van der Waals surface area contributed by atoms with Gasteiger partial charge < -0.3 is 9.84 Å². The molecule has 2 aliphatic rings. The summed E-state index contributed by atoms with van der Waals surface area (Å²) in [5, 5.41) is 12.6. The number of nitrogens with zero attached hydrogens (tertiary/aromatic N) is 1. The second kappa shape index (κ2) is 6.63. The van der Waals surface area contributed by atoms with Crippen molar-refractivity contribution in [1.82, 2.24) is 5.43 Å². The number of carboxylic acids is 1. The molecule has 0 heterocycles. The summed E-state index contributed by atoms with van der Waals surface area (Å²) >= 11 is 0. The molecule has 0 saturated heterocycles. The molecule has 0 aliphatic heterocycles. The van der Waals surface area contributed by atoms with Crippen LogP contribution in [0.4, 0.5) is 0 Å². The van der Waals surface area contributed by atoms with Gasteiger partial charge in [-0.25, -0.2) is 10.2 Å². The van der Waals surface area contributed by atoms with Gasteiger partial charge in [-0.15, -0.1) is 0 Å². The van der Waals surface area contributed by atoms with Crippen molar-refractivity contribution in [3.8, 4) is 5.75 Å². The molecular formula is C18H22N2O4. The summed E-state index contributed by atoms with van der Waals surface area (Å²) in [7, 11) is 0. The molecular weight excluding hydrogens is 308 g/mol. The van der Waals surface area contributed by atoms with Gasteiger partial charge in [0.1, 0.15) is 5.75 Å². The first kappa shape index (κ1) is 16.5. The number of hydrogen-bond acceptors (Lipinski definition) is 4. The van der Waals surface area contributed by atoms with Crippen LogP contribution >= 0.6 is 0 Å². The van der Waals surface area contributed by atoms with Crippen LogP contribution in [-0.2, 0) is 9.59 Å². The van der Waals surface area contributed by atoms with Gasteiger partial charge in [-0.2, -0.15) is 5.10 Å². The molecule has 3 atom stereocenters. The highest BCUT2D eigenvalue weighted by Crippen LogP contribution is 2.66. The van der Waals surface area contributed by atoms with E-state index in [1.54, 1.807) is 30.5 Å². The number of hydrazone groups is 1. The zero-order valence-electron chi connectivity index (χ0n) is 13.7. The Morgan fingerprint density at radius 3 is 2.75 bits per heavy atom. The normalized spacial score (nSPS) is 28.2. The molecule has 2 aliphatic carbocycles. The van der Waals surface area contributed by atoms with Crippen molar-refractivity contribution in [1.29, 1.82) is 0 Å². The number of aliphatic carboxylic acids is 1. The first-order chi connectivity index (χ1) is 11.5. The number of carboxylic acid groups (broad SMARTS) is 1. The van der Waals surface area contributed by atoms with Gasteiger partial charge in [0.05, 0.1) is 6.21 Å². The zero-order chi connectivity index (χ0) is 17.2. The topological polar surface area (TPSA) is 88.0 Å². The van der Waals surface area contributed by atoms with Crippen LogP contribution in [0.3, 0.4) is 0 Å². The Hall–Kier alpha value is -2.37. The molecule has 0 spiro atoms. The van der Waals surface area contributed by atoms with E-state index < -0.39 is 5.97 Å². The van der Waals surface area contributed by atoms with Gasteiger partial charge in [0.2, 0.25) is 5.91 Å². The van der Waals surface area contributed by atoms with Crippen molar-refractivity contribution in [3.05, 3.63) is 29.8 Å². The number of amides is 1. The fourth-order valence-corrected chi connectivity index (χ4v) is 3.89. The molecule has 24 heavy (non-hydrogen) atoms. The lowest BCUT2D eigenvalue weighted by Gasteiger charge is -2.15. The largest absolute Gasteiger partial charge is 0.482 e. The monoisotopic (exact) mass is 330 g/mol. The Kier molecular flexibility index (Phi) is 4.55. The van der Waals surface area contributed by atoms with Gasteiger partial charge >= 0.3 is 5.97 Å². The van der Waals surface area contributed by atoms with E-state index in [0.29, 0.717) is 11.7 Å². The molecule has 0 radical (unpaired) electrons. The summed E-state index contributed by atoms with van der Waals surface area (Å²) < 4.78 is 5.06. The van der Waals surface area contributed by atoms with E-state index in [1.807, 2.05) is 0 Å². The average Bonchev–Trinajstić information content (AvgIpc) is 3.19. The number of benzene rings is 1. The lowest BCUT2D eigenvalue weighted by Crippen LogP contribution is -2.22. The van der Waals surface area contributed by atoms with Crippen LogP contribution in [0, 0.1) is 17.3 Å². The van der Waals surface area contributed by atoms with E-state index in [2.05, 4.69) is 17.5 Å². The molecule has 0 bridgehead atoms. The van der Waals surface area contributed by atoms with Gasteiger partial charge in [-0.3, -0.25) is 4.79 Å². The van der Waals surface area contributed by atoms with Crippen LogP contribution in [0.25, 0.3) is 0 Å². The molecule has 2 N–H and O–H groups in total. The molecule has 128 valence electrons. The number of ether oxygens (including phenoxy) is 1. The minimum atomic E-state index is -1.02. The number of carbonyl (C=O) groups excluding carboxylic acids is 1. The fraction of sp³-hybridized carbons (Fsp3) is 0.500. The number of fused-ring (bicyclic) bond motifs is 1. The van der Waals surface area contributed by atoms with Gasteiger partial charge in [0.15, 0.2) is 6.61 Å². The molecule has 6 heteroatoms. The van der Waals surface area contributed by atoms with Crippen molar-refractivity contribution >= 4 is 18.1 Å². The fourth-order valence-electron chi connectivity index (χ4n) is 3.89. The first-order valence-electron chi connectivity index (χ1n) is 8.28. The highest BCUT2D eigenvalue weighted by Gasteiger charge is 2.64. The minimum absolute atomic E-state index is 0.0158. The maximum atomic E-state index is 12.3. The summed E-state index contributed by atoms with van der Waals surface area (Å²) in [5.41, 5.74) is 3.64. The molecule has 6 nitrogen and oxygen atoms in total. The average molecular weight is 330 g/mol. The Balaban J connectivity index is 1.49. The highest BCUT2D eigenvalue weighted by molar-refractivity contribution is 5.86. The van der Waals surface area contributed by atoms with E-state index in [4.69, 9.17) is 9.84 Å². The van der Waals surface area contributed by atoms with E-state index in [0.717, 1.165) is 18.4 Å². The number of carbonyl (C=O) groups is 2. The van der Waals surface area contributed by atoms with Crippen LogP contribution in [0.1, 0.15) is 38.2 Å². The standard InChI is InChI=1S/C18H22N2O4/c1-18-9-3-2-4-14(18)16(18)17(23)20-19-10-12-5-7-13(8-6-12)24-11-15(21)22/h5-8,10,14,16H,2-4,9,11H2,1H3,(H,20,23)(H,21,22)/b19-10+. The van der Waals surface area contributed by atoms with Crippen LogP contribution in [0.2, 0.25) is 0 Å². The molecule has 2 saturated carbocycles. The highest BCUT2D eigenvalue weighted by atomic mass is 16.5. The number of nitrogens with one attached hydrogen (secondary N) is 1. The Morgan fingerprint density at radius 2 is 2.12 bits per heavy atom. The molecule has 3 rings (SSSR count). The van der Waals surface area contributed by atoms with Crippen LogP contribution in [0.15, 0.2) is 29.4 Å². The summed E-state index contributed by atoms with van der Waals surface area (Å²) in [6.07, 6.45) is 6.31.